The Hall–Kier alpha value is -4.18. The minimum atomic E-state index is 0.818. The van der Waals surface area contributed by atoms with Gasteiger partial charge in [-0.2, -0.15) is 0 Å². The maximum Gasteiger partial charge on any atom is 0.0961 e. The van der Waals surface area contributed by atoms with Crippen LogP contribution in [0.5, 0.6) is 0 Å². The SMILES string of the molecule is c1ccc2c(c1)ncn2Cc1ccc(-c2ccc(Cn3cnc4ccccc43)cc2)cc1. The molecule has 0 spiro atoms. The largest absolute Gasteiger partial charge is 0.326 e. The number of hydrogen-bond donors (Lipinski definition) is 0. The van der Waals surface area contributed by atoms with E-state index < -0.39 is 0 Å². The van der Waals surface area contributed by atoms with Crippen molar-refractivity contribution in [2.75, 3.05) is 0 Å². The first-order valence-electron chi connectivity index (χ1n) is 10.8. The summed E-state index contributed by atoms with van der Waals surface area (Å²) in [5.41, 5.74) is 9.38. The number of nitrogens with zero attached hydrogens (tertiary/aromatic N) is 4. The second-order valence-electron chi connectivity index (χ2n) is 8.12. The fraction of sp³-hybridized carbons (Fsp3) is 0.0714. The second-order valence-corrected chi connectivity index (χ2v) is 8.12. The quantitative estimate of drug-likeness (QED) is 0.339. The van der Waals surface area contributed by atoms with Gasteiger partial charge < -0.3 is 9.13 Å². The van der Waals surface area contributed by atoms with Crippen LogP contribution in [0, 0.1) is 0 Å². The smallest absolute Gasteiger partial charge is 0.0961 e. The third kappa shape index (κ3) is 3.46. The Morgan fingerprint density at radius 1 is 0.469 bits per heavy atom. The molecule has 32 heavy (non-hydrogen) atoms. The van der Waals surface area contributed by atoms with Crippen LogP contribution >= 0.6 is 0 Å². The molecule has 154 valence electrons. The van der Waals surface area contributed by atoms with E-state index in [9.17, 15) is 0 Å². The molecule has 0 saturated heterocycles. The highest BCUT2D eigenvalue weighted by Gasteiger charge is 2.05. The van der Waals surface area contributed by atoms with Crippen molar-refractivity contribution in [2.24, 2.45) is 0 Å². The lowest BCUT2D eigenvalue weighted by atomic mass is 10.0. The van der Waals surface area contributed by atoms with E-state index in [4.69, 9.17) is 0 Å². The normalized spacial score (nSPS) is 11.4. The number of rotatable bonds is 5. The molecule has 6 rings (SSSR count). The molecule has 0 aliphatic rings. The predicted molar refractivity (Wildman–Crippen MR) is 130 cm³/mol. The molecule has 0 bridgehead atoms. The number of hydrogen-bond acceptors (Lipinski definition) is 2. The molecule has 0 saturated carbocycles. The summed E-state index contributed by atoms with van der Waals surface area (Å²) in [6.07, 6.45) is 3.83. The standard InChI is InChI=1S/C28H22N4/c1-3-7-27-25(5-1)29-19-31(27)17-21-9-13-23(14-10-21)24-15-11-22(12-16-24)18-32-20-30-26-6-2-4-8-28(26)32/h1-16,19-20H,17-18H2. The minimum absolute atomic E-state index is 0.818. The lowest BCUT2D eigenvalue weighted by Crippen LogP contribution is -1.98. The lowest BCUT2D eigenvalue weighted by Gasteiger charge is -2.08. The average molecular weight is 415 g/mol. The van der Waals surface area contributed by atoms with E-state index in [-0.39, 0.29) is 0 Å². The first-order valence-corrected chi connectivity index (χ1v) is 10.8. The maximum atomic E-state index is 4.49. The van der Waals surface area contributed by atoms with Crippen molar-refractivity contribution in [3.8, 4) is 11.1 Å². The molecule has 0 amide bonds. The molecule has 0 N–H and O–H groups in total. The third-order valence-electron chi connectivity index (χ3n) is 6.00. The summed E-state index contributed by atoms with van der Waals surface area (Å²) >= 11 is 0. The molecule has 4 heteroatoms. The van der Waals surface area contributed by atoms with Gasteiger partial charge in [-0.05, 0) is 46.5 Å². The molecule has 0 aliphatic carbocycles. The predicted octanol–water partition coefficient (Wildman–Crippen LogP) is 6.15. The summed E-state index contributed by atoms with van der Waals surface area (Å²) in [5, 5.41) is 0. The Morgan fingerprint density at radius 3 is 1.31 bits per heavy atom. The van der Waals surface area contributed by atoms with Crippen molar-refractivity contribution in [1.29, 1.82) is 0 Å². The van der Waals surface area contributed by atoms with Crippen molar-refractivity contribution in [3.05, 3.63) is 121 Å². The monoisotopic (exact) mass is 414 g/mol. The molecule has 0 aliphatic heterocycles. The maximum absolute atomic E-state index is 4.49. The van der Waals surface area contributed by atoms with Crippen LogP contribution in [0.1, 0.15) is 11.1 Å². The van der Waals surface area contributed by atoms with Crippen LogP contribution < -0.4 is 0 Å². The molecule has 6 aromatic rings. The van der Waals surface area contributed by atoms with E-state index in [1.165, 1.54) is 22.3 Å². The molecule has 2 aromatic heterocycles. The number of aromatic nitrogens is 4. The lowest BCUT2D eigenvalue weighted by molar-refractivity contribution is 0.824. The van der Waals surface area contributed by atoms with E-state index in [0.29, 0.717) is 0 Å². The zero-order chi connectivity index (χ0) is 21.3. The van der Waals surface area contributed by atoms with Gasteiger partial charge in [0.25, 0.3) is 0 Å². The number of fused-ring (bicyclic) bond motifs is 2. The molecule has 4 nitrogen and oxygen atoms in total. The average Bonchev–Trinajstić information content (AvgIpc) is 3.45. The van der Waals surface area contributed by atoms with Gasteiger partial charge in [0.05, 0.1) is 34.7 Å². The first kappa shape index (κ1) is 18.6. The van der Waals surface area contributed by atoms with Crippen molar-refractivity contribution < 1.29 is 0 Å². The fourth-order valence-electron chi connectivity index (χ4n) is 4.27. The van der Waals surface area contributed by atoms with E-state index >= 15 is 0 Å². The topological polar surface area (TPSA) is 35.6 Å². The summed E-state index contributed by atoms with van der Waals surface area (Å²) in [6, 6.07) is 34.1. The number of benzene rings is 4. The van der Waals surface area contributed by atoms with Crippen LogP contribution in [0.2, 0.25) is 0 Å². The molecule has 2 heterocycles. The summed E-state index contributed by atoms with van der Waals surface area (Å²) < 4.78 is 4.39. The summed E-state index contributed by atoms with van der Waals surface area (Å²) in [7, 11) is 0. The second kappa shape index (κ2) is 7.82. The number of para-hydroxylation sites is 4. The van der Waals surface area contributed by atoms with Crippen molar-refractivity contribution in [3.63, 3.8) is 0 Å². The van der Waals surface area contributed by atoms with E-state index in [2.05, 4.69) is 91.9 Å². The van der Waals surface area contributed by atoms with Crippen LogP contribution in [0.4, 0.5) is 0 Å². The first-order chi connectivity index (χ1) is 15.8. The summed E-state index contributed by atoms with van der Waals surface area (Å²) in [4.78, 5) is 8.98. The fourth-order valence-corrected chi connectivity index (χ4v) is 4.27. The number of imidazole rings is 2. The molecular weight excluding hydrogens is 392 g/mol. The molecule has 0 fully saturated rings. The molecule has 4 aromatic carbocycles. The van der Waals surface area contributed by atoms with Crippen LogP contribution in [0.25, 0.3) is 33.2 Å². The van der Waals surface area contributed by atoms with Gasteiger partial charge in [0.15, 0.2) is 0 Å². The van der Waals surface area contributed by atoms with Crippen LogP contribution in [0.15, 0.2) is 110 Å². The Balaban J connectivity index is 1.18. The zero-order valence-corrected chi connectivity index (χ0v) is 17.6. The van der Waals surface area contributed by atoms with Gasteiger partial charge in [-0.25, -0.2) is 9.97 Å². The Bertz CT molecular complexity index is 1390. The van der Waals surface area contributed by atoms with E-state index in [1.807, 2.05) is 36.9 Å². The Labute approximate surface area is 186 Å². The van der Waals surface area contributed by atoms with Crippen LogP contribution in [-0.4, -0.2) is 19.1 Å². The third-order valence-corrected chi connectivity index (χ3v) is 6.00. The highest BCUT2D eigenvalue weighted by atomic mass is 15.0. The summed E-state index contributed by atoms with van der Waals surface area (Å²) in [6.45, 7) is 1.64. The molecular formula is C28H22N4. The minimum Gasteiger partial charge on any atom is -0.326 e. The van der Waals surface area contributed by atoms with Gasteiger partial charge in [-0.3, -0.25) is 0 Å². The van der Waals surface area contributed by atoms with Gasteiger partial charge >= 0.3 is 0 Å². The highest BCUT2D eigenvalue weighted by Crippen LogP contribution is 2.22. The Morgan fingerprint density at radius 2 is 0.875 bits per heavy atom. The van der Waals surface area contributed by atoms with Gasteiger partial charge in [0.2, 0.25) is 0 Å². The zero-order valence-electron chi connectivity index (χ0n) is 17.6. The van der Waals surface area contributed by atoms with Crippen LogP contribution in [-0.2, 0) is 13.1 Å². The molecule has 0 radical (unpaired) electrons. The van der Waals surface area contributed by atoms with Crippen molar-refractivity contribution in [1.82, 2.24) is 19.1 Å². The van der Waals surface area contributed by atoms with Crippen molar-refractivity contribution >= 4 is 22.1 Å². The van der Waals surface area contributed by atoms with Crippen molar-refractivity contribution in [2.45, 2.75) is 13.1 Å². The van der Waals surface area contributed by atoms with Gasteiger partial charge in [-0.1, -0.05) is 72.8 Å². The van der Waals surface area contributed by atoms with E-state index in [1.54, 1.807) is 0 Å². The Kier molecular flexibility index (Phi) is 4.54. The molecule has 0 atom stereocenters. The van der Waals surface area contributed by atoms with Gasteiger partial charge in [0.1, 0.15) is 0 Å². The molecule has 0 unspecified atom stereocenters. The van der Waals surface area contributed by atoms with E-state index in [0.717, 1.165) is 35.2 Å². The highest BCUT2D eigenvalue weighted by molar-refractivity contribution is 5.75. The van der Waals surface area contributed by atoms with Gasteiger partial charge in [0, 0.05) is 13.1 Å². The van der Waals surface area contributed by atoms with Gasteiger partial charge in [-0.15, -0.1) is 0 Å². The summed E-state index contributed by atoms with van der Waals surface area (Å²) in [5.74, 6) is 0. The van der Waals surface area contributed by atoms with Crippen LogP contribution in [0.3, 0.4) is 0 Å².